The molecule has 0 aliphatic carbocycles. The van der Waals surface area contributed by atoms with Gasteiger partial charge in [-0.05, 0) is 65.4 Å². The number of nitrogens with one attached hydrogen (secondary N) is 1. The Kier molecular flexibility index (Phi) is 7.56. The molecule has 0 spiro atoms. The van der Waals surface area contributed by atoms with Crippen molar-refractivity contribution in [2.75, 3.05) is 13.1 Å². The van der Waals surface area contributed by atoms with E-state index in [2.05, 4.69) is 16.3 Å². The first-order valence-corrected chi connectivity index (χ1v) is 11.7. The first-order valence-electron chi connectivity index (χ1n) is 11.7. The average molecular weight is 490 g/mol. The van der Waals surface area contributed by atoms with Crippen molar-refractivity contribution in [3.63, 3.8) is 0 Å². The predicted octanol–water partition coefficient (Wildman–Crippen LogP) is 5.86. The molecular weight excluding hydrogens is 463 g/mol. The van der Waals surface area contributed by atoms with Crippen molar-refractivity contribution >= 4 is 11.5 Å². The Bertz CT molecular complexity index is 1320. The maximum atomic E-state index is 13.4. The number of rotatable bonds is 6. The second-order valence-corrected chi connectivity index (χ2v) is 8.92. The van der Waals surface area contributed by atoms with Crippen LogP contribution in [-0.4, -0.2) is 23.9 Å². The number of hydrogen-bond donors (Lipinski definition) is 1. The lowest BCUT2D eigenvalue weighted by Gasteiger charge is -2.31. The number of aryl methyl sites for hydroxylation is 1. The third-order valence-electron chi connectivity index (χ3n) is 6.36. The topological polar surface area (TPSA) is 56.1 Å². The van der Waals surface area contributed by atoms with Gasteiger partial charge in [-0.2, -0.15) is 18.4 Å². The monoisotopic (exact) mass is 489 g/mol. The molecule has 0 radical (unpaired) electrons. The minimum absolute atomic E-state index is 0.131. The third kappa shape index (κ3) is 6.02. The first-order chi connectivity index (χ1) is 17.2. The van der Waals surface area contributed by atoms with E-state index in [-0.39, 0.29) is 12.5 Å². The Hall–Kier alpha value is -3.89. The van der Waals surface area contributed by atoms with Gasteiger partial charge in [0.1, 0.15) is 0 Å². The van der Waals surface area contributed by atoms with E-state index in [4.69, 9.17) is 0 Å². The number of nitriles is 1. The molecule has 0 bridgehead atoms. The lowest BCUT2D eigenvalue weighted by molar-refractivity contribution is -0.137. The van der Waals surface area contributed by atoms with Crippen LogP contribution in [0.1, 0.15) is 39.8 Å². The van der Waals surface area contributed by atoms with Crippen molar-refractivity contribution in [3.05, 3.63) is 112 Å². The van der Waals surface area contributed by atoms with Gasteiger partial charge < -0.3 is 5.32 Å². The first kappa shape index (κ1) is 25.2. The summed E-state index contributed by atoms with van der Waals surface area (Å²) in [7, 11) is 0. The molecule has 1 amide bonds. The van der Waals surface area contributed by atoms with Gasteiger partial charge in [-0.15, -0.1) is 0 Å². The van der Waals surface area contributed by atoms with Crippen molar-refractivity contribution in [2.24, 2.45) is 0 Å². The Morgan fingerprint density at radius 1 is 1.03 bits per heavy atom. The maximum Gasteiger partial charge on any atom is 0.416 e. The molecule has 0 fully saturated rings. The molecule has 1 aliphatic rings. The van der Waals surface area contributed by atoms with Crippen LogP contribution in [-0.2, 0) is 24.1 Å². The lowest BCUT2D eigenvalue weighted by Crippen LogP contribution is -2.37. The van der Waals surface area contributed by atoms with E-state index in [0.717, 1.165) is 40.9 Å². The maximum absolute atomic E-state index is 13.4. The highest BCUT2D eigenvalue weighted by atomic mass is 19.4. The molecule has 3 aromatic rings. The molecule has 3 aromatic carbocycles. The van der Waals surface area contributed by atoms with Gasteiger partial charge in [-0.3, -0.25) is 9.69 Å². The SMILES string of the molecule is Cc1ccccc1C1=C(C(=O)NCc2ccc(C(F)(F)F)cc2)CN(Cc2cccc(C#N)c2)CC1. The molecule has 4 rings (SSSR count). The number of carbonyl (C=O) groups is 1. The minimum Gasteiger partial charge on any atom is -0.348 e. The van der Waals surface area contributed by atoms with Crippen LogP contribution in [0.15, 0.2) is 78.4 Å². The van der Waals surface area contributed by atoms with Crippen LogP contribution in [0.3, 0.4) is 0 Å². The Morgan fingerprint density at radius 3 is 2.47 bits per heavy atom. The van der Waals surface area contributed by atoms with Crippen molar-refractivity contribution < 1.29 is 18.0 Å². The molecule has 7 heteroatoms. The summed E-state index contributed by atoms with van der Waals surface area (Å²) in [6.45, 7) is 3.94. The largest absolute Gasteiger partial charge is 0.416 e. The summed E-state index contributed by atoms with van der Waals surface area (Å²) < 4.78 is 38.6. The third-order valence-corrected chi connectivity index (χ3v) is 6.36. The van der Waals surface area contributed by atoms with Crippen LogP contribution in [0.4, 0.5) is 13.2 Å². The molecule has 0 atom stereocenters. The molecule has 0 unspecified atom stereocenters. The molecule has 1 heterocycles. The highest BCUT2D eigenvalue weighted by Gasteiger charge is 2.30. The van der Waals surface area contributed by atoms with Gasteiger partial charge in [0.15, 0.2) is 0 Å². The van der Waals surface area contributed by atoms with Crippen molar-refractivity contribution in [2.45, 2.75) is 32.6 Å². The van der Waals surface area contributed by atoms with E-state index in [0.29, 0.717) is 36.2 Å². The molecule has 0 saturated carbocycles. The van der Waals surface area contributed by atoms with Gasteiger partial charge in [0, 0.05) is 31.8 Å². The number of halogens is 3. The van der Waals surface area contributed by atoms with Gasteiger partial charge in [0.05, 0.1) is 17.2 Å². The highest BCUT2D eigenvalue weighted by molar-refractivity contribution is 6.02. The number of hydrogen-bond acceptors (Lipinski definition) is 3. The Morgan fingerprint density at radius 2 is 1.78 bits per heavy atom. The van der Waals surface area contributed by atoms with Crippen LogP contribution >= 0.6 is 0 Å². The number of carbonyl (C=O) groups excluding carboxylic acids is 1. The summed E-state index contributed by atoms with van der Waals surface area (Å²) >= 11 is 0. The highest BCUT2D eigenvalue weighted by Crippen LogP contribution is 2.31. The van der Waals surface area contributed by atoms with E-state index in [1.165, 1.54) is 12.1 Å². The van der Waals surface area contributed by atoms with Crippen molar-refractivity contribution in [1.29, 1.82) is 5.26 Å². The second kappa shape index (κ2) is 10.8. The summed E-state index contributed by atoms with van der Waals surface area (Å²) in [5.74, 6) is -0.233. The minimum atomic E-state index is -4.40. The molecule has 0 aromatic heterocycles. The van der Waals surface area contributed by atoms with Gasteiger partial charge in [-0.25, -0.2) is 0 Å². The molecule has 0 saturated heterocycles. The zero-order valence-corrected chi connectivity index (χ0v) is 19.9. The smallest absolute Gasteiger partial charge is 0.348 e. The summed E-state index contributed by atoms with van der Waals surface area (Å²) in [6, 6.07) is 22.3. The molecular formula is C29H26F3N3O. The molecule has 4 nitrogen and oxygen atoms in total. The van der Waals surface area contributed by atoms with E-state index >= 15 is 0 Å². The average Bonchev–Trinajstić information content (AvgIpc) is 2.87. The van der Waals surface area contributed by atoms with Crippen molar-refractivity contribution in [3.8, 4) is 6.07 Å². The number of benzene rings is 3. The quantitative estimate of drug-likeness (QED) is 0.472. The van der Waals surface area contributed by atoms with Crippen molar-refractivity contribution in [1.82, 2.24) is 10.2 Å². The van der Waals surface area contributed by atoms with Crippen LogP contribution < -0.4 is 5.32 Å². The molecule has 1 aliphatic heterocycles. The fourth-order valence-corrected chi connectivity index (χ4v) is 4.47. The summed E-state index contributed by atoms with van der Waals surface area (Å²) in [4.78, 5) is 15.5. The second-order valence-electron chi connectivity index (χ2n) is 8.92. The van der Waals surface area contributed by atoms with Gasteiger partial charge in [0.25, 0.3) is 0 Å². The van der Waals surface area contributed by atoms with E-state index in [1.807, 2.05) is 49.4 Å². The lowest BCUT2D eigenvalue weighted by atomic mass is 9.90. The van der Waals surface area contributed by atoms with Crippen LogP contribution in [0, 0.1) is 18.3 Å². The van der Waals surface area contributed by atoms with Crippen LogP contribution in [0.25, 0.3) is 5.57 Å². The molecule has 1 N–H and O–H groups in total. The summed E-state index contributed by atoms with van der Waals surface area (Å²) in [5, 5.41) is 12.1. The normalized spacial score (nSPS) is 14.4. The standard InChI is InChI=1S/C29H26F3N3O/c1-20-5-2-3-8-25(20)26-13-14-35(18-23-7-4-6-22(15-23)16-33)19-27(26)28(36)34-17-21-9-11-24(12-10-21)29(30,31)32/h2-12,15H,13-14,17-19H2,1H3,(H,34,36). The fourth-order valence-electron chi connectivity index (χ4n) is 4.47. The van der Waals surface area contributed by atoms with Crippen LogP contribution in [0.5, 0.6) is 0 Å². The van der Waals surface area contributed by atoms with E-state index in [1.54, 1.807) is 6.07 Å². The molecule has 184 valence electrons. The molecule has 36 heavy (non-hydrogen) atoms. The summed E-state index contributed by atoms with van der Waals surface area (Å²) in [5.41, 5.74) is 5.21. The number of amides is 1. The Balaban J connectivity index is 1.55. The van der Waals surface area contributed by atoms with Gasteiger partial charge in [0.2, 0.25) is 5.91 Å². The number of alkyl halides is 3. The zero-order chi connectivity index (χ0) is 25.7. The van der Waals surface area contributed by atoms with Crippen LogP contribution in [0.2, 0.25) is 0 Å². The number of nitrogens with zero attached hydrogens (tertiary/aromatic N) is 2. The Labute approximate surface area is 208 Å². The summed E-state index contributed by atoms with van der Waals surface area (Å²) in [6.07, 6.45) is -3.71. The predicted molar refractivity (Wildman–Crippen MR) is 132 cm³/mol. The van der Waals surface area contributed by atoms with Gasteiger partial charge >= 0.3 is 6.18 Å². The van der Waals surface area contributed by atoms with E-state index in [9.17, 15) is 23.2 Å². The van der Waals surface area contributed by atoms with Gasteiger partial charge in [-0.1, -0.05) is 48.5 Å². The van der Waals surface area contributed by atoms with E-state index < -0.39 is 11.7 Å². The zero-order valence-electron chi connectivity index (χ0n) is 19.9. The fraction of sp³-hybridized carbons (Fsp3) is 0.241.